The van der Waals surface area contributed by atoms with Gasteiger partial charge in [0.2, 0.25) is 0 Å². The molecule has 2 rings (SSSR count). The molecule has 2 atom stereocenters. The predicted octanol–water partition coefficient (Wildman–Crippen LogP) is 3.51. The zero-order chi connectivity index (χ0) is 19.8. The van der Waals surface area contributed by atoms with Crippen LogP contribution in [0, 0.1) is 17.6 Å². The summed E-state index contributed by atoms with van der Waals surface area (Å²) < 4.78 is 34.0. The Morgan fingerprint density at radius 3 is 2.57 bits per heavy atom. The Morgan fingerprint density at radius 1 is 1.32 bits per heavy atom. The maximum atomic E-state index is 14.2. The first kappa shape index (κ1) is 25.0. The lowest BCUT2D eigenvalue weighted by Crippen LogP contribution is -2.41. The molecule has 0 saturated carbocycles. The summed E-state index contributed by atoms with van der Waals surface area (Å²) in [4.78, 5) is 8.71. The van der Waals surface area contributed by atoms with Crippen molar-refractivity contribution in [3.05, 3.63) is 35.4 Å². The molecule has 0 amide bonds. The lowest BCUT2D eigenvalue weighted by atomic mass is 10.0. The van der Waals surface area contributed by atoms with Crippen molar-refractivity contribution in [2.45, 2.75) is 26.3 Å². The fourth-order valence-corrected chi connectivity index (χ4v) is 3.39. The molecule has 0 radical (unpaired) electrons. The zero-order valence-electron chi connectivity index (χ0n) is 17.3. The van der Waals surface area contributed by atoms with E-state index in [0.29, 0.717) is 5.92 Å². The number of ether oxygens (including phenoxy) is 1. The minimum absolute atomic E-state index is 0. The minimum atomic E-state index is -0.535. The van der Waals surface area contributed by atoms with Crippen molar-refractivity contribution in [1.29, 1.82) is 0 Å². The molecule has 1 heterocycles. The molecule has 1 saturated heterocycles. The van der Waals surface area contributed by atoms with Crippen molar-refractivity contribution in [2.24, 2.45) is 10.9 Å². The second kappa shape index (κ2) is 12.5. The monoisotopic (exact) mass is 510 g/mol. The van der Waals surface area contributed by atoms with Gasteiger partial charge in [0.15, 0.2) is 5.96 Å². The van der Waals surface area contributed by atoms with Gasteiger partial charge in [-0.2, -0.15) is 0 Å². The molecule has 1 fully saturated rings. The van der Waals surface area contributed by atoms with Gasteiger partial charge in [0.05, 0.1) is 19.2 Å². The largest absolute Gasteiger partial charge is 0.381 e. The average molecular weight is 510 g/mol. The maximum absolute atomic E-state index is 14.2. The van der Waals surface area contributed by atoms with Crippen molar-refractivity contribution < 1.29 is 13.5 Å². The Balaban J connectivity index is 0.00000392. The average Bonchev–Trinajstić information content (AvgIpc) is 3.09. The van der Waals surface area contributed by atoms with E-state index in [9.17, 15) is 8.78 Å². The van der Waals surface area contributed by atoms with Crippen molar-refractivity contribution in [3.8, 4) is 0 Å². The first-order chi connectivity index (χ1) is 13.0. The van der Waals surface area contributed by atoms with E-state index in [1.807, 2.05) is 27.9 Å². The minimum Gasteiger partial charge on any atom is -0.381 e. The number of hydrogen-bond acceptors (Lipinski definition) is 3. The number of nitrogens with zero attached hydrogens (tertiary/aromatic N) is 3. The Labute approximate surface area is 184 Å². The molecule has 1 aromatic rings. The summed E-state index contributed by atoms with van der Waals surface area (Å²) in [5.74, 6) is 0.210. The van der Waals surface area contributed by atoms with Crippen molar-refractivity contribution in [2.75, 3.05) is 53.5 Å². The quantitative estimate of drug-likeness (QED) is 0.330. The second-order valence-electron chi connectivity index (χ2n) is 7.07. The molecular formula is C20H33F2IN4O. The Hall–Kier alpha value is -1.00. The number of likely N-dealkylation sites (N-methyl/N-ethyl adjacent to an activating group) is 1. The van der Waals surface area contributed by atoms with Crippen LogP contribution < -0.4 is 5.32 Å². The molecule has 1 N–H and O–H groups in total. The second-order valence-corrected chi connectivity index (χ2v) is 7.07. The van der Waals surface area contributed by atoms with Gasteiger partial charge in [-0.25, -0.2) is 8.78 Å². The van der Waals surface area contributed by atoms with Crippen molar-refractivity contribution in [3.63, 3.8) is 0 Å². The third-order valence-electron chi connectivity index (χ3n) is 4.85. The van der Waals surface area contributed by atoms with E-state index in [2.05, 4.69) is 10.2 Å². The standard InChI is InChI=1S/C20H32F2N4O.HI/c1-5-23-20(26-11-10-15(13-26)14-27-6-2)24-12-18(25(3)4)19-16(21)8-7-9-17(19)22;/h7-9,15,18H,5-6,10-14H2,1-4H3,(H,23,24);1H. The van der Waals surface area contributed by atoms with Crippen LogP contribution in [0.15, 0.2) is 23.2 Å². The normalized spacial score (nSPS) is 18.3. The van der Waals surface area contributed by atoms with E-state index in [4.69, 9.17) is 9.73 Å². The number of benzene rings is 1. The summed E-state index contributed by atoms with van der Waals surface area (Å²) in [7, 11) is 3.62. The highest BCUT2D eigenvalue weighted by molar-refractivity contribution is 14.0. The number of hydrogen-bond donors (Lipinski definition) is 1. The van der Waals surface area contributed by atoms with Crippen molar-refractivity contribution in [1.82, 2.24) is 15.1 Å². The highest BCUT2D eigenvalue weighted by Crippen LogP contribution is 2.25. The fraction of sp³-hybridized carbons (Fsp3) is 0.650. The van der Waals surface area contributed by atoms with E-state index < -0.39 is 17.7 Å². The lowest BCUT2D eigenvalue weighted by Gasteiger charge is -2.26. The third-order valence-corrected chi connectivity index (χ3v) is 4.85. The SMILES string of the molecule is CCNC(=NCC(c1c(F)cccc1F)N(C)C)N1CCC(COCC)C1.I. The van der Waals surface area contributed by atoms with Crippen LogP contribution in [0.2, 0.25) is 0 Å². The maximum Gasteiger partial charge on any atom is 0.193 e. The Kier molecular flexibility index (Phi) is 11.2. The molecule has 1 aliphatic heterocycles. The zero-order valence-corrected chi connectivity index (χ0v) is 19.6. The molecule has 0 aliphatic carbocycles. The van der Waals surface area contributed by atoms with Gasteiger partial charge in [0, 0.05) is 37.7 Å². The van der Waals surface area contributed by atoms with E-state index in [1.54, 1.807) is 4.90 Å². The number of rotatable bonds is 8. The van der Waals surface area contributed by atoms with Crippen LogP contribution in [0.1, 0.15) is 31.9 Å². The molecule has 28 heavy (non-hydrogen) atoms. The Morgan fingerprint density at radius 2 is 2.00 bits per heavy atom. The number of halogens is 3. The molecular weight excluding hydrogens is 477 g/mol. The predicted molar refractivity (Wildman–Crippen MR) is 120 cm³/mol. The van der Waals surface area contributed by atoms with E-state index in [-0.39, 0.29) is 36.1 Å². The summed E-state index contributed by atoms with van der Waals surface area (Å²) in [6.07, 6.45) is 1.06. The first-order valence-electron chi connectivity index (χ1n) is 9.69. The molecule has 8 heteroatoms. The molecule has 2 unspecified atom stereocenters. The van der Waals surface area contributed by atoms with Gasteiger partial charge in [0.25, 0.3) is 0 Å². The molecule has 5 nitrogen and oxygen atoms in total. The molecule has 160 valence electrons. The van der Waals surface area contributed by atoms with Gasteiger partial charge in [-0.1, -0.05) is 6.07 Å². The summed E-state index contributed by atoms with van der Waals surface area (Å²) >= 11 is 0. The van der Waals surface area contributed by atoms with E-state index in [0.717, 1.165) is 45.2 Å². The smallest absolute Gasteiger partial charge is 0.193 e. The van der Waals surface area contributed by atoms with Crippen LogP contribution >= 0.6 is 24.0 Å². The Bertz CT molecular complexity index is 610. The third kappa shape index (κ3) is 6.81. The van der Waals surface area contributed by atoms with Crippen LogP contribution in [-0.2, 0) is 4.74 Å². The van der Waals surface area contributed by atoms with Gasteiger partial charge >= 0.3 is 0 Å². The topological polar surface area (TPSA) is 40.1 Å². The number of aliphatic imine (C=N–C) groups is 1. The van der Waals surface area contributed by atoms with Crippen LogP contribution in [0.5, 0.6) is 0 Å². The van der Waals surface area contributed by atoms with Crippen molar-refractivity contribution >= 4 is 29.9 Å². The van der Waals surface area contributed by atoms with Crippen LogP contribution in [0.4, 0.5) is 8.78 Å². The summed E-state index contributed by atoms with van der Waals surface area (Å²) in [5.41, 5.74) is 0.0674. The number of nitrogens with one attached hydrogen (secondary N) is 1. The first-order valence-corrected chi connectivity index (χ1v) is 9.69. The highest BCUT2D eigenvalue weighted by Gasteiger charge is 2.26. The van der Waals surface area contributed by atoms with Gasteiger partial charge in [-0.15, -0.1) is 24.0 Å². The number of guanidine groups is 1. The highest BCUT2D eigenvalue weighted by atomic mass is 127. The molecule has 1 aromatic carbocycles. The summed E-state index contributed by atoms with van der Waals surface area (Å²) in [6.45, 7) is 8.31. The summed E-state index contributed by atoms with van der Waals surface area (Å²) in [5, 5.41) is 3.31. The summed E-state index contributed by atoms with van der Waals surface area (Å²) in [6, 6.07) is 3.50. The van der Waals surface area contributed by atoms with Crippen LogP contribution in [-0.4, -0.2) is 69.2 Å². The van der Waals surface area contributed by atoms with Gasteiger partial charge in [-0.05, 0) is 46.5 Å². The van der Waals surface area contributed by atoms with Gasteiger partial charge < -0.3 is 19.9 Å². The van der Waals surface area contributed by atoms with E-state index in [1.165, 1.54) is 18.2 Å². The lowest BCUT2D eigenvalue weighted by molar-refractivity contribution is 0.114. The van der Waals surface area contributed by atoms with E-state index >= 15 is 0 Å². The van der Waals surface area contributed by atoms with Crippen LogP contribution in [0.3, 0.4) is 0 Å². The van der Waals surface area contributed by atoms with Crippen LogP contribution in [0.25, 0.3) is 0 Å². The molecule has 0 spiro atoms. The fourth-order valence-electron chi connectivity index (χ4n) is 3.39. The number of likely N-dealkylation sites (tertiary alicyclic amines) is 1. The van der Waals surface area contributed by atoms with Gasteiger partial charge in [0.1, 0.15) is 11.6 Å². The van der Waals surface area contributed by atoms with Gasteiger partial charge in [-0.3, -0.25) is 4.99 Å². The molecule has 1 aliphatic rings. The molecule has 0 aromatic heterocycles. The molecule has 0 bridgehead atoms.